The monoisotopic (exact) mass is 498 g/mol. The number of esters is 1. The third-order valence-corrected chi connectivity index (χ3v) is 6.22. The van der Waals surface area contributed by atoms with Gasteiger partial charge in [-0.15, -0.1) is 0 Å². The first-order valence-corrected chi connectivity index (χ1v) is 12.1. The summed E-state index contributed by atoms with van der Waals surface area (Å²) < 4.78 is 50.7. The number of halogens is 3. The molecule has 0 N–H and O–H groups in total. The van der Waals surface area contributed by atoms with Gasteiger partial charge < -0.3 is 9.47 Å². The molecule has 1 fully saturated rings. The van der Waals surface area contributed by atoms with Crippen molar-refractivity contribution in [2.24, 2.45) is 0 Å². The molecule has 4 rings (SSSR count). The van der Waals surface area contributed by atoms with Crippen LogP contribution in [0.15, 0.2) is 72.9 Å². The van der Waals surface area contributed by atoms with Crippen LogP contribution >= 0.6 is 0 Å². The molecule has 0 bridgehead atoms. The molecule has 1 unspecified atom stereocenters. The minimum absolute atomic E-state index is 0.0347. The zero-order valence-electron chi connectivity index (χ0n) is 20.1. The number of piperidine rings is 1. The topological polar surface area (TPSA) is 51.7 Å². The second kappa shape index (κ2) is 11.7. The van der Waals surface area contributed by atoms with Crippen LogP contribution in [0.3, 0.4) is 0 Å². The summed E-state index contributed by atoms with van der Waals surface area (Å²) in [6, 6.07) is 18.2. The van der Waals surface area contributed by atoms with E-state index in [1.165, 1.54) is 12.1 Å². The molecule has 0 aliphatic carbocycles. The number of nitrogens with zero attached hydrogens (tertiary/aromatic N) is 2. The number of pyridine rings is 1. The van der Waals surface area contributed by atoms with Crippen LogP contribution in [0.4, 0.5) is 13.2 Å². The van der Waals surface area contributed by atoms with Gasteiger partial charge in [0.25, 0.3) is 0 Å². The minimum Gasteiger partial charge on any atom is -0.462 e. The third-order valence-electron chi connectivity index (χ3n) is 6.22. The van der Waals surface area contributed by atoms with Gasteiger partial charge in [0.2, 0.25) is 0 Å². The van der Waals surface area contributed by atoms with E-state index in [-0.39, 0.29) is 12.1 Å². The molecule has 36 heavy (non-hydrogen) atoms. The molecule has 1 saturated heterocycles. The molecule has 0 saturated carbocycles. The number of carbonyl (C=O) groups excluding carboxylic acids is 1. The van der Waals surface area contributed by atoms with Gasteiger partial charge in [-0.2, -0.15) is 13.2 Å². The Bertz CT molecular complexity index is 1130. The third kappa shape index (κ3) is 6.71. The fourth-order valence-corrected chi connectivity index (χ4v) is 4.36. The Labute approximate surface area is 208 Å². The van der Waals surface area contributed by atoms with Crippen LogP contribution in [0.25, 0.3) is 0 Å². The molecule has 0 spiro atoms. The average molecular weight is 499 g/mol. The van der Waals surface area contributed by atoms with E-state index in [9.17, 15) is 18.0 Å². The summed E-state index contributed by atoms with van der Waals surface area (Å²) >= 11 is 0. The van der Waals surface area contributed by atoms with Crippen molar-refractivity contribution in [2.45, 2.75) is 44.7 Å². The van der Waals surface area contributed by atoms with Gasteiger partial charge in [-0.05, 0) is 55.2 Å². The van der Waals surface area contributed by atoms with Gasteiger partial charge in [0, 0.05) is 25.8 Å². The Morgan fingerprint density at radius 1 is 1.03 bits per heavy atom. The highest BCUT2D eigenvalue weighted by Gasteiger charge is 2.31. The predicted molar refractivity (Wildman–Crippen MR) is 129 cm³/mol. The van der Waals surface area contributed by atoms with E-state index >= 15 is 0 Å². The molecule has 1 atom stereocenters. The summed E-state index contributed by atoms with van der Waals surface area (Å²) in [6.07, 6.45) is -1.69. The van der Waals surface area contributed by atoms with Gasteiger partial charge in [-0.3, -0.25) is 9.88 Å². The minimum atomic E-state index is -4.38. The number of carbonyl (C=O) groups is 1. The van der Waals surface area contributed by atoms with Gasteiger partial charge in [0.1, 0.15) is 6.10 Å². The molecule has 1 aromatic heterocycles. The van der Waals surface area contributed by atoms with E-state index in [2.05, 4.69) is 9.88 Å². The Morgan fingerprint density at radius 3 is 2.33 bits per heavy atom. The van der Waals surface area contributed by atoms with E-state index in [1.807, 2.05) is 30.3 Å². The van der Waals surface area contributed by atoms with Gasteiger partial charge in [0.05, 0.1) is 29.5 Å². The van der Waals surface area contributed by atoms with Crippen molar-refractivity contribution in [1.29, 1.82) is 0 Å². The molecule has 2 aromatic carbocycles. The zero-order chi connectivity index (χ0) is 25.5. The van der Waals surface area contributed by atoms with Crippen molar-refractivity contribution in [3.05, 3.63) is 101 Å². The second-order valence-electron chi connectivity index (χ2n) is 8.78. The zero-order valence-corrected chi connectivity index (χ0v) is 20.1. The maximum atomic E-state index is 13.0. The normalized spacial score (nSPS) is 16.0. The lowest BCUT2D eigenvalue weighted by molar-refractivity contribution is -0.137. The average Bonchev–Trinajstić information content (AvgIpc) is 2.89. The molecule has 8 heteroatoms. The molecule has 0 radical (unpaired) electrons. The Balaban J connectivity index is 1.40. The molecule has 0 amide bonds. The fourth-order valence-electron chi connectivity index (χ4n) is 4.36. The van der Waals surface area contributed by atoms with Crippen molar-refractivity contribution in [3.8, 4) is 0 Å². The maximum Gasteiger partial charge on any atom is 0.416 e. The van der Waals surface area contributed by atoms with Crippen LogP contribution in [0.5, 0.6) is 0 Å². The van der Waals surface area contributed by atoms with Gasteiger partial charge in [0.15, 0.2) is 0 Å². The summed E-state index contributed by atoms with van der Waals surface area (Å²) in [6.45, 7) is 4.27. The van der Waals surface area contributed by atoms with E-state index in [0.717, 1.165) is 49.3 Å². The van der Waals surface area contributed by atoms with Crippen LogP contribution in [-0.4, -0.2) is 41.7 Å². The number of benzene rings is 2. The van der Waals surface area contributed by atoms with Crippen molar-refractivity contribution < 1.29 is 27.4 Å². The molecule has 3 aromatic rings. The quantitative estimate of drug-likeness (QED) is 0.354. The van der Waals surface area contributed by atoms with Gasteiger partial charge in [-0.25, -0.2) is 4.79 Å². The highest BCUT2D eigenvalue weighted by Crippen LogP contribution is 2.34. The van der Waals surface area contributed by atoms with Crippen LogP contribution in [-0.2, 0) is 22.2 Å². The summed E-state index contributed by atoms with van der Waals surface area (Å²) in [7, 11) is 0. The summed E-state index contributed by atoms with van der Waals surface area (Å²) in [5.41, 5.74) is 2.21. The summed E-state index contributed by atoms with van der Waals surface area (Å²) in [5.74, 6) is -0.358. The number of alkyl halides is 3. The number of hydrogen-bond acceptors (Lipinski definition) is 5. The second-order valence-corrected chi connectivity index (χ2v) is 8.78. The van der Waals surface area contributed by atoms with E-state index in [4.69, 9.17) is 9.47 Å². The van der Waals surface area contributed by atoms with Crippen LogP contribution < -0.4 is 0 Å². The number of rotatable bonds is 8. The summed E-state index contributed by atoms with van der Waals surface area (Å²) in [4.78, 5) is 18.6. The first-order chi connectivity index (χ1) is 17.3. The lowest BCUT2D eigenvalue weighted by Gasteiger charge is -2.34. The smallest absolute Gasteiger partial charge is 0.416 e. The molecular weight excluding hydrogens is 469 g/mol. The van der Waals surface area contributed by atoms with Crippen molar-refractivity contribution in [2.75, 3.05) is 19.7 Å². The molecule has 190 valence electrons. The standard InChI is InChI=1S/C28H29F3N2O3/c1-2-35-27(34)22-12-15-32-24(18-22)19-33-16-13-25(14-17-33)36-26(20-6-4-3-5-7-20)21-8-10-23(11-9-21)28(29,30)31/h3-12,15,18,25-26H,2,13-14,16-17,19H2,1H3. The number of aromatic nitrogens is 1. The maximum absolute atomic E-state index is 13.0. The Morgan fingerprint density at radius 2 is 1.69 bits per heavy atom. The Hall–Kier alpha value is -3.23. The lowest BCUT2D eigenvalue weighted by atomic mass is 9.99. The SMILES string of the molecule is CCOC(=O)c1ccnc(CN2CCC(OC(c3ccccc3)c3ccc(C(F)(F)F)cc3)CC2)c1. The molecular formula is C28H29F3N2O3. The van der Waals surface area contributed by atoms with Crippen molar-refractivity contribution in [1.82, 2.24) is 9.88 Å². The molecule has 5 nitrogen and oxygen atoms in total. The summed E-state index contributed by atoms with van der Waals surface area (Å²) in [5, 5.41) is 0. The molecule has 2 heterocycles. The largest absolute Gasteiger partial charge is 0.462 e. The van der Waals surface area contributed by atoms with E-state index in [0.29, 0.717) is 24.3 Å². The fraction of sp³-hybridized carbons (Fsp3) is 0.357. The Kier molecular flexibility index (Phi) is 8.38. The van der Waals surface area contributed by atoms with Gasteiger partial charge in [-0.1, -0.05) is 42.5 Å². The number of ether oxygens (including phenoxy) is 2. The van der Waals surface area contributed by atoms with Crippen LogP contribution in [0.1, 0.15) is 58.6 Å². The van der Waals surface area contributed by atoms with Crippen molar-refractivity contribution >= 4 is 5.97 Å². The number of likely N-dealkylation sites (tertiary alicyclic amines) is 1. The first-order valence-electron chi connectivity index (χ1n) is 12.1. The highest BCUT2D eigenvalue weighted by molar-refractivity contribution is 5.89. The van der Waals surface area contributed by atoms with Gasteiger partial charge >= 0.3 is 12.1 Å². The highest BCUT2D eigenvalue weighted by atomic mass is 19.4. The van der Waals surface area contributed by atoms with E-state index < -0.39 is 17.8 Å². The first kappa shape index (κ1) is 25.9. The lowest BCUT2D eigenvalue weighted by Crippen LogP contribution is -2.37. The van der Waals surface area contributed by atoms with E-state index in [1.54, 1.807) is 25.3 Å². The molecule has 1 aliphatic rings. The molecule has 1 aliphatic heterocycles. The van der Waals surface area contributed by atoms with Crippen LogP contribution in [0, 0.1) is 0 Å². The van der Waals surface area contributed by atoms with Crippen molar-refractivity contribution in [3.63, 3.8) is 0 Å². The number of hydrogen-bond donors (Lipinski definition) is 0. The van der Waals surface area contributed by atoms with Crippen LogP contribution in [0.2, 0.25) is 0 Å². The predicted octanol–water partition coefficient (Wildman–Crippen LogP) is 6.05.